The number of carbonyl (C=O) groups is 1. The highest BCUT2D eigenvalue weighted by atomic mass is 32.2. The Labute approximate surface area is 177 Å². The molecule has 7 nitrogen and oxygen atoms in total. The third-order valence-electron chi connectivity index (χ3n) is 6.11. The number of amides is 1. The van der Waals surface area contributed by atoms with E-state index in [0.29, 0.717) is 31.5 Å². The third kappa shape index (κ3) is 3.71. The number of sulfonamides is 1. The first kappa shape index (κ1) is 20.8. The van der Waals surface area contributed by atoms with Crippen LogP contribution in [0.25, 0.3) is 0 Å². The van der Waals surface area contributed by atoms with Crippen molar-refractivity contribution in [2.24, 2.45) is 0 Å². The zero-order chi connectivity index (χ0) is 21.5. The smallest absolute Gasteiger partial charge is 0.246 e. The van der Waals surface area contributed by atoms with Crippen molar-refractivity contribution in [3.8, 4) is 5.75 Å². The van der Waals surface area contributed by atoms with E-state index in [9.17, 15) is 18.3 Å². The summed E-state index contributed by atoms with van der Waals surface area (Å²) in [6.45, 7) is 5.00. The zero-order valence-corrected chi connectivity index (χ0v) is 18.1. The van der Waals surface area contributed by atoms with Gasteiger partial charge in [0.2, 0.25) is 15.9 Å². The molecule has 160 valence electrons. The topological polar surface area (TPSA) is 90.0 Å². The molecule has 30 heavy (non-hydrogen) atoms. The van der Waals surface area contributed by atoms with E-state index in [1.54, 1.807) is 13.0 Å². The Kier molecular flexibility index (Phi) is 5.34. The summed E-state index contributed by atoms with van der Waals surface area (Å²) in [5.41, 5.74) is 1.90. The molecule has 0 aromatic heterocycles. The van der Waals surface area contributed by atoms with Gasteiger partial charge >= 0.3 is 0 Å². The first-order valence-electron chi connectivity index (χ1n) is 10.1. The van der Waals surface area contributed by atoms with Crippen LogP contribution in [-0.2, 0) is 21.4 Å². The van der Waals surface area contributed by atoms with Crippen molar-refractivity contribution in [1.82, 2.24) is 14.5 Å². The molecule has 2 aromatic rings. The highest BCUT2D eigenvalue weighted by Crippen LogP contribution is 2.36. The number of phenolic OH excluding ortho intramolecular Hbond substituents is 1. The second-order valence-corrected chi connectivity index (χ2v) is 10.2. The predicted molar refractivity (Wildman–Crippen MR) is 113 cm³/mol. The lowest BCUT2D eigenvalue weighted by atomic mass is 9.97. The maximum absolute atomic E-state index is 13.2. The number of benzene rings is 2. The van der Waals surface area contributed by atoms with Crippen molar-refractivity contribution < 1.29 is 18.3 Å². The zero-order valence-electron chi connectivity index (χ0n) is 17.3. The molecule has 2 aliphatic rings. The number of hydrogen-bond acceptors (Lipinski definition) is 5. The highest BCUT2D eigenvalue weighted by Gasteiger charge is 2.48. The van der Waals surface area contributed by atoms with Gasteiger partial charge in [0.25, 0.3) is 0 Å². The van der Waals surface area contributed by atoms with E-state index in [1.807, 2.05) is 37.3 Å². The second-order valence-electron chi connectivity index (χ2n) is 8.25. The summed E-state index contributed by atoms with van der Waals surface area (Å²) in [7, 11) is -3.82. The van der Waals surface area contributed by atoms with Crippen LogP contribution < -0.4 is 5.32 Å². The summed E-state index contributed by atoms with van der Waals surface area (Å²) in [6, 6.07) is 13.2. The van der Waals surface area contributed by atoms with E-state index < -0.39 is 15.7 Å². The fraction of sp³-hybridized carbons (Fsp3) is 0.409. The number of nitrogens with one attached hydrogen (secondary N) is 1. The number of nitrogens with zero attached hydrogens (tertiary/aromatic N) is 2. The summed E-state index contributed by atoms with van der Waals surface area (Å²) in [6.07, 6.45) is 0.993. The number of aryl methyl sites for hydroxylation is 2. The van der Waals surface area contributed by atoms with Crippen molar-refractivity contribution in [1.29, 1.82) is 0 Å². The summed E-state index contributed by atoms with van der Waals surface area (Å²) in [5, 5.41) is 13.5. The molecule has 1 amide bonds. The molecular weight excluding hydrogens is 402 g/mol. The fourth-order valence-electron chi connectivity index (χ4n) is 4.51. The molecule has 2 N–H and O–H groups in total. The maximum Gasteiger partial charge on any atom is 0.246 e. The Bertz CT molecular complexity index is 1060. The minimum atomic E-state index is -3.82. The monoisotopic (exact) mass is 429 g/mol. The largest absolute Gasteiger partial charge is 0.506 e. The maximum atomic E-state index is 13.2. The van der Waals surface area contributed by atoms with Gasteiger partial charge in [0.15, 0.2) is 0 Å². The summed E-state index contributed by atoms with van der Waals surface area (Å²) in [4.78, 5) is 14.3. The molecule has 0 bridgehead atoms. The lowest BCUT2D eigenvalue weighted by Gasteiger charge is -2.43. The lowest BCUT2D eigenvalue weighted by Crippen LogP contribution is -2.58. The van der Waals surface area contributed by atoms with Gasteiger partial charge in [-0.05, 0) is 49.4 Å². The molecule has 2 aliphatic heterocycles. The fourth-order valence-corrected chi connectivity index (χ4v) is 6.19. The lowest BCUT2D eigenvalue weighted by molar-refractivity contribution is -0.119. The van der Waals surface area contributed by atoms with Gasteiger partial charge in [0.1, 0.15) is 10.6 Å². The molecule has 0 atom stereocenters. The number of aromatic hydroxyl groups is 1. The molecule has 2 heterocycles. The molecule has 8 heteroatoms. The van der Waals surface area contributed by atoms with E-state index >= 15 is 0 Å². The van der Waals surface area contributed by atoms with Crippen molar-refractivity contribution in [2.45, 2.75) is 43.8 Å². The first-order chi connectivity index (χ1) is 14.2. The summed E-state index contributed by atoms with van der Waals surface area (Å²) < 4.78 is 27.8. The summed E-state index contributed by atoms with van der Waals surface area (Å²) in [5.74, 6) is -0.227. The van der Waals surface area contributed by atoms with Crippen LogP contribution in [0.3, 0.4) is 0 Å². The number of rotatable bonds is 4. The van der Waals surface area contributed by atoms with Crippen molar-refractivity contribution in [3.63, 3.8) is 0 Å². The standard InChI is InChI=1S/C22H27N3O4S/c1-16-12-17(2)21(27)19(13-16)30(28,29)25-10-8-22(9-11-25)23-20(26)15-24(22)14-18-6-4-3-5-7-18/h3-7,12-13,27H,8-11,14-15H2,1-2H3,(H,23,26). The molecule has 0 radical (unpaired) electrons. The van der Waals surface area contributed by atoms with Crippen LogP contribution in [0, 0.1) is 13.8 Å². The van der Waals surface area contributed by atoms with E-state index in [0.717, 1.165) is 11.1 Å². The van der Waals surface area contributed by atoms with Gasteiger partial charge in [-0.25, -0.2) is 8.42 Å². The number of phenols is 1. The van der Waals surface area contributed by atoms with Gasteiger partial charge in [0.05, 0.1) is 12.2 Å². The number of carbonyl (C=O) groups excluding carboxylic acids is 1. The normalized spacial score (nSPS) is 19.9. The molecule has 4 rings (SSSR count). The third-order valence-corrected chi connectivity index (χ3v) is 8.02. The van der Waals surface area contributed by atoms with E-state index in [4.69, 9.17) is 0 Å². The second kappa shape index (κ2) is 7.68. The van der Waals surface area contributed by atoms with Crippen molar-refractivity contribution in [3.05, 3.63) is 59.2 Å². The predicted octanol–water partition coefficient (Wildman–Crippen LogP) is 2.12. The van der Waals surface area contributed by atoms with Crippen LogP contribution in [0.4, 0.5) is 0 Å². The minimum absolute atomic E-state index is 0.0332. The van der Waals surface area contributed by atoms with Crippen LogP contribution in [0.5, 0.6) is 5.75 Å². The van der Waals surface area contributed by atoms with Crippen LogP contribution in [0.15, 0.2) is 47.4 Å². The molecule has 0 unspecified atom stereocenters. The average Bonchev–Trinajstić information content (AvgIpc) is 3.00. The van der Waals surface area contributed by atoms with Crippen LogP contribution in [0.2, 0.25) is 0 Å². The Morgan fingerprint density at radius 2 is 1.77 bits per heavy atom. The van der Waals surface area contributed by atoms with Gasteiger partial charge in [-0.1, -0.05) is 36.4 Å². The van der Waals surface area contributed by atoms with Gasteiger partial charge in [-0.3, -0.25) is 9.69 Å². The van der Waals surface area contributed by atoms with Crippen LogP contribution in [-0.4, -0.2) is 53.9 Å². The summed E-state index contributed by atoms with van der Waals surface area (Å²) >= 11 is 0. The van der Waals surface area contributed by atoms with Gasteiger partial charge in [-0.2, -0.15) is 4.31 Å². The Hall–Kier alpha value is -2.42. The molecular formula is C22H27N3O4S. The molecule has 2 saturated heterocycles. The van der Waals surface area contributed by atoms with Crippen molar-refractivity contribution >= 4 is 15.9 Å². The average molecular weight is 430 g/mol. The molecule has 2 fully saturated rings. The molecule has 1 spiro atoms. The number of hydrogen-bond donors (Lipinski definition) is 2. The van der Waals surface area contributed by atoms with E-state index in [1.165, 1.54) is 10.4 Å². The number of piperidine rings is 1. The minimum Gasteiger partial charge on any atom is -0.506 e. The Morgan fingerprint density at radius 1 is 1.10 bits per heavy atom. The molecule has 0 aliphatic carbocycles. The van der Waals surface area contributed by atoms with Gasteiger partial charge < -0.3 is 10.4 Å². The Morgan fingerprint density at radius 3 is 2.43 bits per heavy atom. The first-order valence-corrected chi connectivity index (χ1v) is 11.6. The van der Waals surface area contributed by atoms with Crippen LogP contribution >= 0.6 is 0 Å². The highest BCUT2D eigenvalue weighted by molar-refractivity contribution is 7.89. The van der Waals surface area contributed by atoms with E-state index in [-0.39, 0.29) is 29.6 Å². The van der Waals surface area contributed by atoms with Gasteiger partial charge in [0, 0.05) is 19.6 Å². The van der Waals surface area contributed by atoms with E-state index in [2.05, 4.69) is 10.2 Å². The van der Waals surface area contributed by atoms with Gasteiger partial charge in [-0.15, -0.1) is 0 Å². The molecule has 2 aromatic carbocycles. The SMILES string of the molecule is Cc1cc(C)c(O)c(S(=O)(=O)N2CCC3(CC2)NC(=O)CN3Cc2ccccc2)c1. The Balaban J connectivity index is 1.54. The van der Waals surface area contributed by atoms with Crippen molar-refractivity contribution in [2.75, 3.05) is 19.6 Å². The molecule has 0 saturated carbocycles. The van der Waals surface area contributed by atoms with Crippen LogP contribution in [0.1, 0.15) is 29.5 Å². The quantitative estimate of drug-likeness (QED) is 0.777.